The van der Waals surface area contributed by atoms with E-state index in [1.165, 1.54) is 0 Å². The Morgan fingerprint density at radius 2 is 2.04 bits per heavy atom. The summed E-state index contributed by atoms with van der Waals surface area (Å²) in [4.78, 5) is 12.2. The van der Waals surface area contributed by atoms with E-state index in [1.54, 1.807) is 16.4 Å². The van der Waals surface area contributed by atoms with Crippen LogP contribution < -0.4 is 5.32 Å². The second kappa shape index (κ2) is 6.17. The maximum Gasteiger partial charge on any atom is 0.235 e. The van der Waals surface area contributed by atoms with Gasteiger partial charge in [0, 0.05) is 5.56 Å². The minimum Gasteiger partial charge on any atom is -0.310 e. The first-order chi connectivity index (χ1) is 11.9. The van der Waals surface area contributed by atoms with Crippen LogP contribution in [0, 0.1) is 6.92 Å². The summed E-state index contributed by atoms with van der Waals surface area (Å²) >= 11 is 1.57. The van der Waals surface area contributed by atoms with Gasteiger partial charge in [0.15, 0.2) is 9.84 Å². The maximum absolute atomic E-state index is 12.2. The average molecular weight is 377 g/mol. The highest BCUT2D eigenvalue weighted by Gasteiger charge is 2.36. The first-order valence-electron chi connectivity index (χ1n) is 8.20. The second-order valence-electron chi connectivity index (χ2n) is 6.50. The number of hydrogen-bond acceptors (Lipinski definition) is 5. The summed E-state index contributed by atoms with van der Waals surface area (Å²) in [6.07, 6.45) is 0.537. The highest BCUT2D eigenvalue weighted by Crippen LogP contribution is 2.44. The van der Waals surface area contributed by atoms with Crippen molar-refractivity contribution in [3.8, 4) is 0 Å². The molecule has 8 heteroatoms. The summed E-state index contributed by atoms with van der Waals surface area (Å²) in [5.74, 6) is 1.20. The third-order valence-corrected chi connectivity index (χ3v) is 7.71. The van der Waals surface area contributed by atoms with Gasteiger partial charge in [-0.3, -0.25) is 4.79 Å². The van der Waals surface area contributed by atoms with Gasteiger partial charge in [0.25, 0.3) is 0 Å². The number of sulfone groups is 1. The van der Waals surface area contributed by atoms with Gasteiger partial charge in [-0.05, 0) is 18.9 Å². The number of nitrogens with zero attached hydrogens (tertiary/aromatic N) is 2. The summed E-state index contributed by atoms with van der Waals surface area (Å²) in [6.45, 7) is 1.92. The SMILES string of the molecule is Cc1nn(C2CCS(=O)(=O)C2)c2c1C(c1ccccc1)SCC(=O)N2. The Morgan fingerprint density at radius 3 is 2.72 bits per heavy atom. The lowest BCUT2D eigenvalue weighted by Crippen LogP contribution is -2.20. The van der Waals surface area contributed by atoms with Crippen molar-refractivity contribution >= 4 is 33.3 Å². The molecule has 2 aromatic rings. The van der Waals surface area contributed by atoms with Crippen molar-refractivity contribution in [1.82, 2.24) is 9.78 Å². The molecule has 1 amide bonds. The second-order valence-corrected chi connectivity index (χ2v) is 9.82. The predicted molar refractivity (Wildman–Crippen MR) is 98.6 cm³/mol. The number of anilines is 1. The molecule has 1 aromatic heterocycles. The summed E-state index contributed by atoms with van der Waals surface area (Å²) in [6, 6.07) is 9.82. The number of amides is 1. The van der Waals surface area contributed by atoms with E-state index in [-0.39, 0.29) is 28.7 Å². The summed E-state index contributed by atoms with van der Waals surface area (Å²) in [5.41, 5.74) is 2.93. The van der Waals surface area contributed by atoms with Crippen LogP contribution in [-0.4, -0.2) is 41.4 Å². The molecule has 25 heavy (non-hydrogen) atoms. The number of benzene rings is 1. The van der Waals surface area contributed by atoms with Crippen molar-refractivity contribution in [3.63, 3.8) is 0 Å². The third-order valence-electron chi connectivity index (χ3n) is 4.69. The minimum absolute atomic E-state index is 0.00177. The Morgan fingerprint density at radius 1 is 1.28 bits per heavy atom. The zero-order valence-electron chi connectivity index (χ0n) is 13.8. The predicted octanol–water partition coefficient (Wildman–Crippen LogP) is 2.33. The van der Waals surface area contributed by atoms with Crippen molar-refractivity contribution in [2.24, 2.45) is 0 Å². The maximum atomic E-state index is 12.2. The first-order valence-corrected chi connectivity index (χ1v) is 11.1. The van der Waals surface area contributed by atoms with Gasteiger partial charge in [-0.2, -0.15) is 5.10 Å². The fraction of sp³-hybridized carbons (Fsp3) is 0.412. The van der Waals surface area contributed by atoms with Crippen LogP contribution in [0.5, 0.6) is 0 Å². The van der Waals surface area contributed by atoms with Crippen LogP contribution in [0.15, 0.2) is 30.3 Å². The van der Waals surface area contributed by atoms with Crippen LogP contribution in [0.3, 0.4) is 0 Å². The Kier molecular flexibility index (Phi) is 4.11. The number of hydrogen-bond donors (Lipinski definition) is 1. The van der Waals surface area contributed by atoms with Gasteiger partial charge in [0.2, 0.25) is 5.91 Å². The molecule has 0 aliphatic carbocycles. The van der Waals surface area contributed by atoms with E-state index < -0.39 is 9.84 Å². The molecule has 6 nitrogen and oxygen atoms in total. The number of thioether (sulfide) groups is 1. The van der Waals surface area contributed by atoms with Crippen LogP contribution in [0.25, 0.3) is 0 Å². The van der Waals surface area contributed by atoms with E-state index >= 15 is 0 Å². The molecule has 1 saturated heterocycles. The van der Waals surface area contributed by atoms with Gasteiger partial charge >= 0.3 is 0 Å². The van der Waals surface area contributed by atoms with Crippen molar-refractivity contribution in [2.45, 2.75) is 24.6 Å². The number of rotatable bonds is 2. The zero-order valence-corrected chi connectivity index (χ0v) is 15.4. The first kappa shape index (κ1) is 16.7. The molecule has 1 aromatic carbocycles. The van der Waals surface area contributed by atoms with Crippen LogP contribution in [-0.2, 0) is 14.6 Å². The largest absolute Gasteiger partial charge is 0.310 e. The molecular formula is C17H19N3O3S2. The molecule has 0 bridgehead atoms. The van der Waals surface area contributed by atoms with E-state index in [0.29, 0.717) is 18.0 Å². The Bertz CT molecular complexity index is 922. The van der Waals surface area contributed by atoms with Crippen LogP contribution in [0.2, 0.25) is 0 Å². The van der Waals surface area contributed by atoms with Crippen LogP contribution in [0.4, 0.5) is 5.82 Å². The molecule has 4 rings (SSSR count). The smallest absolute Gasteiger partial charge is 0.235 e. The number of nitrogens with one attached hydrogen (secondary N) is 1. The van der Waals surface area contributed by atoms with Crippen LogP contribution >= 0.6 is 11.8 Å². The third kappa shape index (κ3) is 3.08. The Hall–Kier alpha value is -1.80. The van der Waals surface area contributed by atoms with E-state index in [9.17, 15) is 13.2 Å². The van der Waals surface area contributed by atoms with E-state index in [4.69, 9.17) is 0 Å². The van der Waals surface area contributed by atoms with Gasteiger partial charge in [-0.1, -0.05) is 30.3 Å². The van der Waals surface area contributed by atoms with E-state index in [0.717, 1.165) is 16.8 Å². The molecule has 0 spiro atoms. The van der Waals surface area contributed by atoms with Crippen molar-refractivity contribution in [3.05, 3.63) is 47.2 Å². The summed E-state index contributed by atoms with van der Waals surface area (Å²) in [5, 5.41) is 7.58. The summed E-state index contributed by atoms with van der Waals surface area (Å²) < 4.78 is 25.5. The number of carbonyl (C=O) groups excluding carboxylic acids is 1. The molecule has 1 fully saturated rings. The van der Waals surface area contributed by atoms with Gasteiger partial charge < -0.3 is 5.32 Å². The lowest BCUT2D eigenvalue weighted by atomic mass is 10.0. The van der Waals surface area contributed by atoms with E-state index in [2.05, 4.69) is 10.4 Å². The quantitative estimate of drug-likeness (QED) is 0.869. The van der Waals surface area contributed by atoms with Gasteiger partial charge in [0.05, 0.1) is 34.2 Å². The molecular weight excluding hydrogens is 358 g/mol. The molecule has 2 aliphatic rings. The van der Waals surface area contributed by atoms with E-state index in [1.807, 2.05) is 37.3 Å². The molecule has 132 valence electrons. The van der Waals surface area contributed by atoms with Crippen molar-refractivity contribution in [1.29, 1.82) is 0 Å². The topological polar surface area (TPSA) is 81.1 Å². The highest BCUT2D eigenvalue weighted by molar-refractivity contribution is 8.00. The van der Waals surface area contributed by atoms with Crippen molar-refractivity contribution < 1.29 is 13.2 Å². The van der Waals surface area contributed by atoms with Crippen LogP contribution in [0.1, 0.15) is 34.5 Å². The highest BCUT2D eigenvalue weighted by atomic mass is 32.2. The number of aromatic nitrogens is 2. The zero-order chi connectivity index (χ0) is 17.6. The fourth-order valence-electron chi connectivity index (χ4n) is 3.53. The average Bonchev–Trinajstić information content (AvgIpc) is 3.03. The standard InChI is InChI=1S/C17H19N3O3S2/c1-11-15-16(12-5-3-2-4-6-12)24-9-14(21)18-17(15)20(19-11)13-7-8-25(22,23)10-13/h2-6,13,16H,7-10H2,1H3,(H,18,21). The lowest BCUT2D eigenvalue weighted by Gasteiger charge is -2.16. The number of carbonyl (C=O) groups is 1. The van der Waals surface area contributed by atoms with Gasteiger partial charge in [-0.15, -0.1) is 11.8 Å². The molecule has 0 saturated carbocycles. The molecule has 2 unspecified atom stereocenters. The summed E-state index contributed by atoms with van der Waals surface area (Å²) in [7, 11) is -3.03. The van der Waals surface area contributed by atoms with Gasteiger partial charge in [-0.25, -0.2) is 13.1 Å². The van der Waals surface area contributed by atoms with Gasteiger partial charge in [0.1, 0.15) is 5.82 Å². The number of fused-ring (bicyclic) bond motifs is 1. The molecule has 1 N–H and O–H groups in total. The monoisotopic (exact) mass is 377 g/mol. The normalized spacial score (nSPS) is 25.2. The Balaban J connectivity index is 1.82. The molecule has 0 radical (unpaired) electrons. The van der Waals surface area contributed by atoms with Crippen molar-refractivity contribution in [2.75, 3.05) is 22.6 Å². The molecule has 2 aliphatic heterocycles. The molecule has 3 heterocycles. The number of aryl methyl sites for hydroxylation is 1. The molecule has 2 atom stereocenters. The minimum atomic E-state index is -3.03. The Labute approximate surface area is 150 Å². The lowest BCUT2D eigenvalue weighted by molar-refractivity contribution is -0.113. The fourth-order valence-corrected chi connectivity index (χ4v) is 6.41.